The normalized spacial score (nSPS) is 10.6. The number of hydrogen-bond acceptors (Lipinski definition) is 4. The maximum absolute atomic E-state index is 12.4. The highest BCUT2D eigenvalue weighted by Gasteiger charge is 2.16. The summed E-state index contributed by atoms with van der Waals surface area (Å²) in [6.07, 6.45) is 0. The van der Waals surface area contributed by atoms with Gasteiger partial charge in [-0.05, 0) is 48.5 Å². The number of hydrogen-bond donors (Lipinski definition) is 0. The fraction of sp³-hybridized carbons (Fsp3) is 0.0588. The minimum Gasteiger partial charge on any atom is -0.465 e. The number of carbonyl (C=O) groups excluding carboxylic acids is 2. The van der Waals surface area contributed by atoms with Gasteiger partial charge in [0.15, 0.2) is 5.76 Å². The van der Waals surface area contributed by atoms with E-state index in [9.17, 15) is 9.59 Å². The Labute approximate surface area is 131 Å². The van der Waals surface area contributed by atoms with E-state index >= 15 is 0 Å². The van der Waals surface area contributed by atoms with E-state index in [-0.39, 0.29) is 11.5 Å². The van der Waals surface area contributed by atoms with Gasteiger partial charge in [0.1, 0.15) is 5.58 Å². The van der Waals surface area contributed by atoms with Crippen molar-refractivity contribution >= 4 is 34.3 Å². The molecule has 4 nitrogen and oxygen atoms in total. The first-order valence-corrected chi connectivity index (χ1v) is 6.88. The molecule has 0 unspecified atom stereocenters. The molecule has 0 aliphatic carbocycles. The number of benzene rings is 2. The highest BCUT2D eigenvalue weighted by Crippen LogP contribution is 2.23. The zero-order valence-corrected chi connectivity index (χ0v) is 12.4. The van der Waals surface area contributed by atoms with Gasteiger partial charge in [0.05, 0.1) is 12.7 Å². The number of halogens is 1. The summed E-state index contributed by atoms with van der Waals surface area (Å²) < 4.78 is 10.2. The largest absolute Gasteiger partial charge is 0.465 e. The van der Waals surface area contributed by atoms with E-state index in [1.54, 1.807) is 48.5 Å². The van der Waals surface area contributed by atoms with Crippen molar-refractivity contribution < 1.29 is 18.7 Å². The predicted octanol–water partition coefficient (Wildman–Crippen LogP) is 4.10. The second kappa shape index (κ2) is 5.66. The molecule has 0 aliphatic rings. The van der Waals surface area contributed by atoms with E-state index in [0.717, 1.165) is 0 Å². The molecule has 0 saturated carbocycles. The quantitative estimate of drug-likeness (QED) is 0.539. The standard InChI is InChI=1S/C17H11ClO4/c1-21-17(20)11-4-7-14-12(8-11)9-15(22-14)16(19)10-2-5-13(18)6-3-10/h2-9H,1H3. The molecule has 1 heterocycles. The first kappa shape index (κ1) is 14.4. The summed E-state index contributed by atoms with van der Waals surface area (Å²) in [5, 5.41) is 1.23. The minimum absolute atomic E-state index is 0.208. The second-order valence-electron chi connectivity index (χ2n) is 4.69. The van der Waals surface area contributed by atoms with Crippen molar-refractivity contribution in [3.63, 3.8) is 0 Å². The van der Waals surface area contributed by atoms with E-state index in [2.05, 4.69) is 4.74 Å². The fourth-order valence-corrected chi connectivity index (χ4v) is 2.27. The first-order chi connectivity index (χ1) is 10.6. The molecular formula is C17H11ClO4. The molecule has 0 bridgehead atoms. The van der Waals surface area contributed by atoms with Crippen molar-refractivity contribution in [2.45, 2.75) is 0 Å². The van der Waals surface area contributed by atoms with E-state index in [1.165, 1.54) is 7.11 Å². The third-order valence-electron chi connectivity index (χ3n) is 3.27. The van der Waals surface area contributed by atoms with E-state index in [4.69, 9.17) is 16.0 Å². The summed E-state index contributed by atoms with van der Waals surface area (Å²) in [6, 6.07) is 13.0. The van der Waals surface area contributed by atoms with Gasteiger partial charge >= 0.3 is 5.97 Å². The molecule has 5 heteroatoms. The molecular weight excluding hydrogens is 304 g/mol. The van der Waals surface area contributed by atoms with Crippen LogP contribution < -0.4 is 0 Å². The molecule has 3 rings (SSSR count). The Morgan fingerprint density at radius 2 is 1.68 bits per heavy atom. The monoisotopic (exact) mass is 314 g/mol. The Kier molecular flexibility index (Phi) is 3.69. The summed E-state index contributed by atoms with van der Waals surface area (Å²) in [5.41, 5.74) is 1.42. The maximum atomic E-state index is 12.4. The maximum Gasteiger partial charge on any atom is 0.337 e. The molecule has 0 N–H and O–H groups in total. The van der Waals surface area contributed by atoms with Gasteiger partial charge in [0.2, 0.25) is 5.78 Å². The SMILES string of the molecule is COC(=O)c1ccc2oc(C(=O)c3ccc(Cl)cc3)cc2c1. The molecule has 0 radical (unpaired) electrons. The Balaban J connectivity index is 1.99. The lowest BCUT2D eigenvalue weighted by Crippen LogP contribution is -2.00. The summed E-state index contributed by atoms with van der Waals surface area (Å²) in [6.45, 7) is 0. The second-order valence-corrected chi connectivity index (χ2v) is 5.13. The van der Waals surface area contributed by atoms with E-state index in [0.29, 0.717) is 27.1 Å². The summed E-state index contributed by atoms with van der Waals surface area (Å²) in [7, 11) is 1.32. The Hall–Kier alpha value is -2.59. The number of fused-ring (bicyclic) bond motifs is 1. The number of rotatable bonds is 3. The van der Waals surface area contributed by atoms with Gasteiger partial charge in [-0.1, -0.05) is 11.6 Å². The van der Waals surface area contributed by atoms with Crippen LogP contribution in [-0.4, -0.2) is 18.9 Å². The number of methoxy groups -OCH3 is 1. The molecule has 0 atom stereocenters. The number of carbonyl (C=O) groups is 2. The number of ketones is 1. The van der Waals surface area contributed by atoms with Gasteiger partial charge in [-0.2, -0.15) is 0 Å². The van der Waals surface area contributed by atoms with Gasteiger partial charge in [-0.3, -0.25) is 4.79 Å². The summed E-state index contributed by atoms with van der Waals surface area (Å²) in [4.78, 5) is 23.9. The molecule has 0 spiro atoms. The summed E-state index contributed by atoms with van der Waals surface area (Å²) >= 11 is 5.81. The third-order valence-corrected chi connectivity index (χ3v) is 3.52. The Morgan fingerprint density at radius 1 is 1.00 bits per heavy atom. The van der Waals surface area contributed by atoms with Gasteiger partial charge in [0.25, 0.3) is 0 Å². The lowest BCUT2D eigenvalue weighted by Gasteiger charge is -1.97. The molecule has 0 saturated heterocycles. The minimum atomic E-state index is -0.436. The van der Waals surface area contributed by atoms with Crippen LogP contribution in [0.5, 0.6) is 0 Å². The highest BCUT2D eigenvalue weighted by molar-refractivity contribution is 6.30. The average Bonchev–Trinajstić information content (AvgIpc) is 2.97. The molecule has 1 aromatic heterocycles. The zero-order valence-electron chi connectivity index (χ0n) is 11.6. The molecule has 22 heavy (non-hydrogen) atoms. The Morgan fingerprint density at radius 3 is 2.36 bits per heavy atom. The van der Waals surface area contributed by atoms with Gasteiger partial charge < -0.3 is 9.15 Å². The third kappa shape index (κ3) is 2.61. The Bertz CT molecular complexity index is 862. The van der Waals surface area contributed by atoms with Crippen molar-refractivity contribution in [2.75, 3.05) is 7.11 Å². The molecule has 3 aromatic rings. The number of furan rings is 1. The van der Waals surface area contributed by atoms with Gasteiger partial charge in [0, 0.05) is 16.0 Å². The molecule has 0 amide bonds. The zero-order chi connectivity index (χ0) is 15.7. The van der Waals surface area contributed by atoms with Gasteiger partial charge in [-0.15, -0.1) is 0 Å². The van der Waals surface area contributed by atoms with Crippen LogP contribution in [0.2, 0.25) is 5.02 Å². The van der Waals surface area contributed by atoms with Crippen molar-refractivity contribution in [3.05, 3.63) is 70.4 Å². The highest BCUT2D eigenvalue weighted by atomic mass is 35.5. The lowest BCUT2D eigenvalue weighted by molar-refractivity contribution is 0.0601. The van der Waals surface area contributed by atoms with Crippen LogP contribution in [-0.2, 0) is 4.74 Å². The van der Waals surface area contributed by atoms with Crippen molar-refractivity contribution in [2.24, 2.45) is 0 Å². The van der Waals surface area contributed by atoms with Gasteiger partial charge in [-0.25, -0.2) is 4.79 Å². The van der Waals surface area contributed by atoms with Crippen molar-refractivity contribution in [3.8, 4) is 0 Å². The van der Waals surface area contributed by atoms with Crippen molar-refractivity contribution in [1.29, 1.82) is 0 Å². The van der Waals surface area contributed by atoms with Crippen LogP contribution in [0.15, 0.2) is 52.9 Å². The number of ether oxygens (including phenoxy) is 1. The van der Waals surface area contributed by atoms with Crippen LogP contribution >= 0.6 is 11.6 Å². The molecule has 2 aromatic carbocycles. The van der Waals surface area contributed by atoms with Crippen LogP contribution in [0.3, 0.4) is 0 Å². The van der Waals surface area contributed by atoms with Crippen LogP contribution in [0.1, 0.15) is 26.5 Å². The van der Waals surface area contributed by atoms with Crippen molar-refractivity contribution in [1.82, 2.24) is 0 Å². The average molecular weight is 315 g/mol. The van der Waals surface area contributed by atoms with E-state index in [1.807, 2.05) is 0 Å². The topological polar surface area (TPSA) is 56.5 Å². The fourth-order valence-electron chi connectivity index (χ4n) is 2.14. The molecule has 0 aliphatic heterocycles. The first-order valence-electron chi connectivity index (χ1n) is 6.50. The predicted molar refractivity (Wildman–Crippen MR) is 82.4 cm³/mol. The van der Waals surface area contributed by atoms with E-state index < -0.39 is 5.97 Å². The lowest BCUT2D eigenvalue weighted by atomic mass is 10.1. The molecule has 110 valence electrons. The summed E-state index contributed by atoms with van der Waals surface area (Å²) in [5.74, 6) is -0.472. The van der Waals surface area contributed by atoms with Crippen LogP contribution in [0.4, 0.5) is 0 Å². The smallest absolute Gasteiger partial charge is 0.337 e. The number of esters is 1. The molecule has 0 fully saturated rings. The van der Waals surface area contributed by atoms with Crippen LogP contribution in [0.25, 0.3) is 11.0 Å². The van der Waals surface area contributed by atoms with Crippen LogP contribution in [0, 0.1) is 0 Å².